The number of carbonyl (C=O) groups excluding carboxylic acids is 1. The van der Waals surface area contributed by atoms with Gasteiger partial charge in [0.25, 0.3) is 5.69 Å². The fraction of sp³-hybridized carbons (Fsp3) is 0.529. The molecule has 0 bridgehead atoms. The van der Waals surface area contributed by atoms with Gasteiger partial charge in [-0.3, -0.25) is 14.9 Å². The highest BCUT2D eigenvalue weighted by Gasteiger charge is 2.32. The Hall–Kier alpha value is -2.62. The zero-order valence-corrected chi connectivity index (χ0v) is 13.4. The SMILES string of the molecule is N#Cc1cc(N[C@@H]2CCN(C(=O)C3CCCC3)C2)ccc1[N+](=O)[O-]. The van der Waals surface area contributed by atoms with Gasteiger partial charge in [-0.25, -0.2) is 0 Å². The van der Waals surface area contributed by atoms with Gasteiger partial charge in [0.2, 0.25) is 5.91 Å². The molecule has 1 saturated heterocycles. The largest absolute Gasteiger partial charge is 0.380 e. The van der Waals surface area contributed by atoms with Crippen LogP contribution in [0, 0.1) is 27.4 Å². The van der Waals surface area contributed by atoms with Crippen LogP contribution in [0.4, 0.5) is 11.4 Å². The van der Waals surface area contributed by atoms with Gasteiger partial charge in [-0.1, -0.05) is 12.8 Å². The van der Waals surface area contributed by atoms with Crippen LogP contribution >= 0.6 is 0 Å². The highest BCUT2D eigenvalue weighted by Crippen LogP contribution is 2.29. The molecule has 1 aromatic carbocycles. The van der Waals surface area contributed by atoms with Crippen LogP contribution in [0.25, 0.3) is 0 Å². The van der Waals surface area contributed by atoms with Crippen molar-refractivity contribution < 1.29 is 9.72 Å². The summed E-state index contributed by atoms with van der Waals surface area (Å²) in [4.78, 5) is 24.7. The summed E-state index contributed by atoms with van der Waals surface area (Å²) in [6, 6.07) is 6.43. The van der Waals surface area contributed by atoms with Crippen molar-refractivity contribution in [1.82, 2.24) is 4.90 Å². The maximum atomic E-state index is 12.4. The Bertz CT molecular complexity index is 692. The number of anilines is 1. The number of carbonyl (C=O) groups is 1. The van der Waals surface area contributed by atoms with Crippen molar-refractivity contribution in [2.45, 2.75) is 38.1 Å². The van der Waals surface area contributed by atoms with E-state index in [9.17, 15) is 14.9 Å². The second-order valence-corrected chi connectivity index (χ2v) is 6.50. The van der Waals surface area contributed by atoms with Crippen LogP contribution in [0.2, 0.25) is 0 Å². The number of nitro groups is 1. The Labute approximate surface area is 140 Å². The molecule has 1 aliphatic carbocycles. The summed E-state index contributed by atoms with van der Waals surface area (Å²) < 4.78 is 0. The van der Waals surface area contributed by atoms with E-state index in [0.717, 1.165) is 38.6 Å². The van der Waals surface area contributed by atoms with Gasteiger partial charge in [-0.05, 0) is 31.4 Å². The first kappa shape index (κ1) is 16.2. The molecule has 7 nitrogen and oxygen atoms in total. The molecule has 3 rings (SSSR count). The van der Waals surface area contributed by atoms with Crippen LogP contribution in [-0.2, 0) is 4.79 Å². The number of nitriles is 1. The third-order valence-corrected chi connectivity index (χ3v) is 4.89. The predicted molar refractivity (Wildman–Crippen MR) is 88.4 cm³/mol. The van der Waals surface area contributed by atoms with Gasteiger partial charge >= 0.3 is 0 Å². The second-order valence-electron chi connectivity index (χ2n) is 6.50. The monoisotopic (exact) mass is 328 g/mol. The van der Waals surface area contributed by atoms with E-state index < -0.39 is 4.92 Å². The molecule has 1 saturated carbocycles. The van der Waals surface area contributed by atoms with Crippen molar-refractivity contribution in [2.24, 2.45) is 5.92 Å². The molecule has 0 spiro atoms. The first-order valence-corrected chi connectivity index (χ1v) is 8.32. The van der Waals surface area contributed by atoms with Gasteiger partial charge in [0, 0.05) is 36.8 Å². The quantitative estimate of drug-likeness (QED) is 0.676. The molecular weight excluding hydrogens is 308 g/mol. The summed E-state index contributed by atoms with van der Waals surface area (Å²) in [5, 5.41) is 23.2. The molecule has 1 aliphatic heterocycles. The minimum Gasteiger partial charge on any atom is -0.380 e. The molecule has 2 fully saturated rings. The lowest BCUT2D eigenvalue weighted by molar-refractivity contribution is -0.385. The highest BCUT2D eigenvalue weighted by molar-refractivity contribution is 5.79. The molecule has 0 aromatic heterocycles. The lowest BCUT2D eigenvalue weighted by atomic mass is 10.1. The molecule has 0 radical (unpaired) electrons. The number of benzene rings is 1. The maximum absolute atomic E-state index is 12.4. The molecule has 2 aliphatic rings. The van der Waals surface area contributed by atoms with E-state index >= 15 is 0 Å². The number of nitrogens with one attached hydrogen (secondary N) is 1. The van der Waals surface area contributed by atoms with E-state index in [4.69, 9.17) is 5.26 Å². The zero-order valence-electron chi connectivity index (χ0n) is 13.4. The van der Waals surface area contributed by atoms with Crippen LogP contribution in [-0.4, -0.2) is 34.9 Å². The van der Waals surface area contributed by atoms with Gasteiger partial charge in [0.1, 0.15) is 11.6 Å². The van der Waals surface area contributed by atoms with Crippen molar-refractivity contribution in [2.75, 3.05) is 18.4 Å². The predicted octanol–water partition coefficient (Wildman–Crippen LogP) is 2.67. The standard InChI is InChI=1S/C17H20N4O3/c18-10-13-9-14(5-6-16(13)21(23)24)19-15-7-8-20(11-15)17(22)12-3-1-2-4-12/h5-6,9,12,15,19H,1-4,7-8,11H2/t15-/m1/s1. The fourth-order valence-corrected chi connectivity index (χ4v) is 3.62. The minimum atomic E-state index is -0.556. The third-order valence-electron chi connectivity index (χ3n) is 4.89. The Balaban J connectivity index is 1.62. The summed E-state index contributed by atoms with van der Waals surface area (Å²) in [5.74, 6) is 0.450. The van der Waals surface area contributed by atoms with E-state index in [1.807, 2.05) is 11.0 Å². The van der Waals surface area contributed by atoms with Gasteiger partial charge < -0.3 is 10.2 Å². The van der Waals surface area contributed by atoms with Gasteiger partial charge in [0.15, 0.2) is 0 Å². The van der Waals surface area contributed by atoms with E-state index in [2.05, 4.69) is 5.32 Å². The van der Waals surface area contributed by atoms with Crippen molar-refractivity contribution in [1.29, 1.82) is 5.26 Å². The molecule has 24 heavy (non-hydrogen) atoms. The molecule has 1 heterocycles. The van der Waals surface area contributed by atoms with E-state index in [-0.39, 0.29) is 29.1 Å². The molecule has 1 amide bonds. The van der Waals surface area contributed by atoms with Gasteiger partial charge in [0.05, 0.1) is 4.92 Å². The first-order chi connectivity index (χ1) is 11.6. The molecule has 1 N–H and O–H groups in total. The molecule has 126 valence electrons. The van der Waals surface area contributed by atoms with E-state index in [0.29, 0.717) is 12.2 Å². The van der Waals surface area contributed by atoms with E-state index in [1.165, 1.54) is 12.1 Å². The topological polar surface area (TPSA) is 99.3 Å². The molecule has 0 unspecified atom stereocenters. The summed E-state index contributed by atoms with van der Waals surface area (Å²) in [7, 11) is 0. The number of nitro benzene ring substituents is 1. The Morgan fingerprint density at radius 1 is 1.33 bits per heavy atom. The minimum absolute atomic E-state index is 0.0434. The summed E-state index contributed by atoms with van der Waals surface area (Å²) in [6.07, 6.45) is 5.14. The molecule has 7 heteroatoms. The maximum Gasteiger partial charge on any atom is 0.287 e. The molecule has 1 aromatic rings. The lowest BCUT2D eigenvalue weighted by Crippen LogP contribution is -2.35. The number of nitrogens with zero attached hydrogens (tertiary/aromatic N) is 3. The summed E-state index contributed by atoms with van der Waals surface area (Å²) >= 11 is 0. The third kappa shape index (κ3) is 3.32. The Kier molecular flexibility index (Phi) is 4.65. The molecule has 1 atom stereocenters. The van der Waals surface area contributed by atoms with Crippen molar-refractivity contribution in [3.05, 3.63) is 33.9 Å². The molecular formula is C17H20N4O3. The summed E-state index contributed by atoms with van der Waals surface area (Å²) in [5.41, 5.74) is 0.534. The van der Waals surface area contributed by atoms with Crippen LogP contribution in [0.1, 0.15) is 37.7 Å². The normalized spacial score (nSPS) is 20.8. The number of likely N-dealkylation sites (tertiary alicyclic amines) is 1. The summed E-state index contributed by atoms with van der Waals surface area (Å²) in [6.45, 7) is 1.39. The number of rotatable bonds is 4. The average Bonchev–Trinajstić information content (AvgIpc) is 3.25. The fourth-order valence-electron chi connectivity index (χ4n) is 3.62. The first-order valence-electron chi connectivity index (χ1n) is 8.32. The van der Waals surface area contributed by atoms with Crippen molar-refractivity contribution in [3.63, 3.8) is 0 Å². The van der Waals surface area contributed by atoms with Crippen molar-refractivity contribution >= 4 is 17.3 Å². The van der Waals surface area contributed by atoms with Crippen LogP contribution < -0.4 is 5.32 Å². The van der Waals surface area contributed by atoms with Gasteiger partial charge in [-0.2, -0.15) is 5.26 Å². The Morgan fingerprint density at radius 3 is 2.75 bits per heavy atom. The smallest absolute Gasteiger partial charge is 0.287 e. The van der Waals surface area contributed by atoms with Crippen LogP contribution in [0.3, 0.4) is 0 Å². The number of hydrogen-bond acceptors (Lipinski definition) is 5. The second kappa shape index (κ2) is 6.87. The van der Waals surface area contributed by atoms with Crippen molar-refractivity contribution in [3.8, 4) is 6.07 Å². The highest BCUT2D eigenvalue weighted by atomic mass is 16.6. The lowest BCUT2D eigenvalue weighted by Gasteiger charge is -2.21. The zero-order chi connectivity index (χ0) is 17.1. The van der Waals surface area contributed by atoms with Crippen LogP contribution in [0.15, 0.2) is 18.2 Å². The van der Waals surface area contributed by atoms with Gasteiger partial charge in [-0.15, -0.1) is 0 Å². The Morgan fingerprint density at radius 2 is 2.08 bits per heavy atom. The van der Waals surface area contributed by atoms with Crippen LogP contribution in [0.5, 0.6) is 0 Å². The average molecular weight is 328 g/mol. The van der Waals surface area contributed by atoms with E-state index in [1.54, 1.807) is 6.07 Å². The number of amides is 1. The number of hydrogen-bond donors (Lipinski definition) is 1.